The monoisotopic (exact) mass is 379 g/mol. The number of nitrogens with zero attached hydrogens (tertiary/aromatic N) is 1. The van der Waals surface area contributed by atoms with Crippen molar-refractivity contribution in [2.75, 3.05) is 31.7 Å². The number of anilines is 1. The van der Waals surface area contributed by atoms with Crippen LogP contribution in [0.4, 0.5) is 5.69 Å². The predicted octanol–water partition coefficient (Wildman–Crippen LogP) is 2.46. The summed E-state index contributed by atoms with van der Waals surface area (Å²) in [5.74, 6) is -0.0510. The zero-order valence-corrected chi connectivity index (χ0v) is 15.7. The van der Waals surface area contributed by atoms with E-state index in [4.69, 9.17) is 14.2 Å². The van der Waals surface area contributed by atoms with Gasteiger partial charge in [-0.3, -0.25) is 4.31 Å². The summed E-state index contributed by atoms with van der Waals surface area (Å²) < 4.78 is 42.3. The molecule has 0 saturated carbocycles. The van der Waals surface area contributed by atoms with E-state index in [-0.39, 0.29) is 23.9 Å². The van der Waals surface area contributed by atoms with E-state index in [0.29, 0.717) is 11.4 Å². The minimum Gasteiger partial charge on any atom is -0.497 e. The van der Waals surface area contributed by atoms with Crippen molar-refractivity contribution in [2.45, 2.75) is 11.8 Å². The number of hydrogen-bond donors (Lipinski definition) is 0. The van der Waals surface area contributed by atoms with E-state index in [9.17, 15) is 13.2 Å². The van der Waals surface area contributed by atoms with Gasteiger partial charge in [0.25, 0.3) is 10.0 Å². The van der Waals surface area contributed by atoms with Crippen molar-refractivity contribution in [1.82, 2.24) is 0 Å². The molecule has 0 aromatic heterocycles. The largest absolute Gasteiger partial charge is 0.497 e. The van der Waals surface area contributed by atoms with Gasteiger partial charge in [0.1, 0.15) is 11.5 Å². The zero-order chi connectivity index (χ0) is 19.2. The molecule has 0 aliphatic heterocycles. The summed E-state index contributed by atoms with van der Waals surface area (Å²) in [5, 5.41) is 0. The SMILES string of the molecule is CCOC(=O)COc1cc(OC)cc(S(=O)(=O)N(C)c2ccccc2)c1. The van der Waals surface area contributed by atoms with Crippen LogP contribution in [0, 0.1) is 0 Å². The van der Waals surface area contributed by atoms with Crippen LogP contribution in [-0.4, -0.2) is 41.8 Å². The molecule has 0 unspecified atom stereocenters. The topological polar surface area (TPSA) is 82.1 Å². The molecule has 0 fully saturated rings. The van der Waals surface area contributed by atoms with E-state index in [1.807, 2.05) is 0 Å². The second-order valence-corrected chi connectivity index (χ2v) is 7.22. The Morgan fingerprint density at radius 1 is 1.08 bits per heavy atom. The molecule has 0 atom stereocenters. The molecule has 0 saturated heterocycles. The highest BCUT2D eigenvalue weighted by Crippen LogP contribution is 2.29. The van der Waals surface area contributed by atoms with Crippen molar-refractivity contribution >= 4 is 21.7 Å². The van der Waals surface area contributed by atoms with Crippen molar-refractivity contribution in [2.24, 2.45) is 0 Å². The van der Waals surface area contributed by atoms with Gasteiger partial charge in [-0.15, -0.1) is 0 Å². The van der Waals surface area contributed by atoms with Gasteiger partial charge in [0, 0.05) is 25.2 Å². The first-order valence-corrected chi connectivity index (χ1v) is 9.34. The summed E-state index contributed by atoms with van der Waals surface area (Å²) in [6, 6.07) is 12.9. The van der Waals surface area contributed by atoms with Crippen LogP contribution in [0.25, 0.3) is 0 Å². The lowest BCUT2D eigenvalue weighted by Crippen LogP contribution is -2.26. The number of carbonyl (C=O) groups excluding carboxylic acids is 1. The van der Waals surface area contributed by atoms with Crippen molar-refractivity contribution in [1.29, 1.82) is 0 Å². The highest BCUT2D eigenvalue weighted by atomic mass is 32.2. The second kappa shape index (κ2) is 8.57. The Hall–Kier alpha value is -2.74. The lowest BCUT2D eigenvalue weighted by Gasteiger charge is -2.20. The smallest absolute Gasteiger partial charge is 0.344 e. The molecule has 8 heteroatoms. The van der Waals surface area contributed by atoms with Gasteiger partial charge in [0.2, 0.25) is 0 Å². The third-order valence-corrected chi connectivity index (χ3v) is 5.29. The fraction of sp³-hybridized carbons (Fsp3) is 0.278. The van der Waals surface area contributed by atoms with Crippen LogP contribution in [0.2, 0.25) is 0 Å². The minimum atomic E-state index is -3.84. The Kier molecular flexibility index (Phi) is 6.46. The standard InChI is InChI=1S/C18H21NO6S/c1-4-24-18(20)13-25-16-10-15(23-3)11-17(12-16)26(21,22)19(2)14-8-6-5-7-9-14/h5-12H,4,13H2,1-3H3. The fourth-order valence-electron chi connectivity index (χ4n) is 2.18. The number of sulfonamides is 1. The van der Waals surface area contributed by atoms with Crippen LogP contribution in [0.15, 0.2) is 53.4 Å². The average molecular weight is 379 g/mol. The Morgan fingerprint density at radius 2 is 1.73 bits per heavy atom. The highest BCUT2D eigenvalue weighted by molar-refractivity contribution is 7.92. The van der Waals surface area contributed by atoms with Crippen LogP contribution in [0.5, 0.6) is 11.5 Å². The minimum absolute atomic E-state index is 0.0120. The van der Waals surface area contributed by atoms with E-state index in [1.54, 1.807) is 37.3 Å². The van der Waals surface area contributed by atoms with Crippen LogP contribution < -0.4 is 13.8 Å². The van der Waals surface area contributed by atoms with Gasteiger partial charge in [-0.1, -0.05) is 18.2 Å². The molecular weight excluding hydrogens is 358 g/mol. The van der Waals surface area contributed by atoms with Crippen LogP contribution in [0.1, 0.15) is 6.92 Å². The molecule has 0 aliphatic rings. The van der Waals surface area contributed by atoms with Crippen LogP contribution in [0.3, 0.4) is 0 Å². The third kappa shape index (κ3) is 4.66. The van der Waals surface area contributed by atoms with Gasteiger partial charge in [-0.05, 0) is 19.1 Å². The molecule has 0 bridgehead atoms. The number of rotatable bonds is 8. The maximum atomic E-state index is 12.9. The quantitative estimate of drug-likeness (QED) is 0.656. The Balaban J connectivity index is 2.32. The summed E-state index contributed by atoms with van der Waals surface area (Å²) in [5.41, 5.74) is 0.518. The normalized spacial score (nSPS) is 10.9. The van der Waals surface area contributed by atoms with E-state index in [1.165, 1.54) is 32.4 Å². The Morgan fingerprint density at radius 3 is 2.35 bits per heavy atom. The molecule has 2 aromatic rings. The van der Waals surface area contributed by atoms with Gasteiger partial charge >= 0.3 is 5.97 Å². The molecule has 140 valence electrons. The third-order valence-electron chi connectivity index (χ3n) is 3.53. The zero-order valence-electron chi connectivity index (χ0n) is 14.8. The molecular formula is C18H21NO6S. The molecule has 0 amide bonds. The first kappa shape index (κ1) is 19.6. The number of esters is 1. The number of para-hydroxylation sites is 1. The molecule has 0 spiro atoms. The van der Waals surface area contributed by atoms with Gasteiger partial charge in [-0.25, -0.2) is 13.2 Å². The molecule has 2 aromatic carbocycles. The maximum absolute atomic E-state index is 12.9. The molecule has 2 rings (SSSR count). The van der Waals surface area contributed by atoms with Crippen molar-refractivity contribution in [3.05, 3.63) is 48.5 Å². The highest BCUT2D eigenvalue weighted by Gasteiger charge is 2.23. The average Bonchev–Trinajstić information content (AvgIpc) is 2.66. The van der Waals surface area contributed by atoms with Crippen molar-refractivity contribution in [3.63, 3.8) is 0 Å². The number of ether oxygens (including phenoxy) is 3. The summed E-state index contributed by atoms with van der Waals surface area (Å²) in [6.07, 6.45) is 0. The van der Waals surface area contributed by atoms with E-state index in [0.717, 1.165) is 4.31 Å². The summed E-state index contributed by atoms with van der Waals surface area (Å²) in [7, 11) is -0.959. The van der Waals surface area contributed by atoms with Crippen molar-refractivity contribution < 1.29 is 27.4 Å². The van der Waals surface area contributed by atoms with Gasteiger partial charge in [0.05, 0.1) is 24.3 Å². The fourth-order valence-corrected chi connectivity index (χ4v) is 3.42. The first-order chi connectivity index (χ1) is 12.4. The summed E-state index contributed by atoms with van der Waals surface area (Å²) >= 11 is 0. The number of benzene rings is 2. The molecule has 7 nitrogen and oxygen atoms in total. The second-order valence-electron chi connectivity index (χ2n) is 5.25. The van der Waals surface area contributed by atoms with E-state index < -0.39 is 16.0 Å². The van der Waals surface area contributed by atoms with E-state index >= 15 is 0 Å². The van der Waals surface area contributed by atoms with Crippen LogP contribution >= 0.6 is 0 Å². The molecule has 0 aliphatic carbocycles. The Labute approximate surface area is 153 Å². The number of hydrogen-bond acceptors (Lipinski definition) is 6. The molecule has 0 N–H and O–H groups in total. The summed E-state index contributed by atoms with van der Waals surface area (Å²) in [6.45, 7) is 1.60. The van der Waals surface area contributed by atoms with Gasteiger partial charge in [0.15, 0.2) is 6.61 Å². The number of carbonyl (C=O) groups is 1. The lowest BCUT2D eigenvalue weighted by molar-refractivity contribution is -0.145. The Bertz CT molecular complexity index is 851. The predicted molar refractivity (Wildman–Crippen MR) is 97.2 cm³/mol. The molecule has 0 heterocycles. The van der Waals surface area contributed by atoms with Gasteiger partial charge in [-0.2, -0.15) is 0 Å². The van der Waals surface area contributed by atoms with Crippen molar-refractivity contribution in [3.8, 4) is 11.5 Å². The van der Waals surface area contributed by atoms with Gasteiger partial charge < -0.3 is 14.2 Å². The maximum Gasteiger partial charge on any atom is 0.344 e. The van der Waals surface area contributed by atoms with E-state index in [2.05, 4.69) is 0 Å². The molecule has 26 heavy (non-hydrogen) atoms. The van der Waals surface area contributed by atoms with Crippen LogP contribution in [-0.2, 0) is 19.6 Å². The molecule has 0 radical (unpaired) electrons. The lowest BCUT2D eigenvalue weighted by atomic mass is 10.3. The first-order valence-electron chi connectivity index (χ1n) is 7.90. The number of methoxy groups -OCH3 is 1. The summed E-state index contributed by atoms with van der Waals surface area (Å²) in [4.78, 5) is 11.4.